The molecule has 13 heavy (non-hydrogen) atoms. The fourth-order valence-corrected chi connectivity index (χ4v) is 1.37. The van der Waals surface area contributed by atoms with Crippen molar-refractivity contribution in [2.24, 2.45) is 0 Å². The van der Waals surface area contributed by atoms with Crippen molar-refractivity contribution in [1.82, 2.24) is 4.98 Å². The average molecular weight is 170 g/mol. The van der Waals surface area contributed by atoms with Gasteiger partial charge in [-0.1, -0.05) is 0 Å². The smallest absolute Gasteiger partial charge is 0.152 e. The number of nitrogens with zero attached hydrogens (tertiary/aromatic N) is 1. The first kappa shape index (κ1) is 7.56. The Balaban J connectivity index is 2.91. The molecule has 1 N–H and O–H groups in total. The van der Waals surface area contributed by atoms with Crippen LogP contribution in [0.4, 0.5) is 0 Å². The monoisotopic (exact) mass is 170 g/mol. The number of hydrogen-bond donors (Lipinski definition) is 1. The van der Waals surface area contributed by atoms with Crippen LogP contribution in [-0.2, 0) is 0 Å². The summed E-state index contributed by atoms with van der Waals surface area (Å²) in [6.45, 7) is 0. The molecule has 0 saturated carbocycles. The third kappa shape index (κ3) is 1.00. The van der Waals surface area contributed by atoms with Crippen molar-refractivity contribution in [1.29, 1.82) is 5.26 Å². The molecule has 1 aromatic heterocycles. The van der Waals surface area contributed by atoms with Gasteiger partial charge in [0.2, 0.25) is 0 Å². The first-order valence-electron chi connectivity index (χ1n) is 3.82. The van der Waals surface area contributed by atoms with Gasteiger partial charge in [-0.3, -0.25) is 4.79 Å². The number of carbonyl (C=O) groups excluding carboxylic acids is 1. The van der Waals surface area contributed by atoms with Crippen LogP contribution in [0.3, 0.4) is 0 Å². The number of aldehydes is 1. The van der Waals surface area contributed by atoms with Gasteiger partial charge in [-0.15, -0.1) is 0 Å². The third-order valence-electron chi connectivity index (χ3n) is 2.00. The minimum Gasteiger partial charge on any atom is -0.361 e. The fourth-order valence-electron chi connectivity index (χ4n) is 1.37. The van der Waals surface area contributed by atoms with E-state index in [0.29, 0.717) is 11.1 Å². The molecule has 3 nitrogen and oxygen atoms in total. The number of benzene rings is 1. The normalized spacial score (nSPS) is 9.77. The summed E-state index contributed by atoms with van der Waals surface area (Å²) >= 11 is 0. The standard InChI is InChI=1S/C10H6N2O/c11-5-7-1-2-8(6-13)10-9(7)3-4-12-10/h1-4,6,12H. The van der Waals surface area contributed by atoms with Gasteiger partial charge in [0.25, 0.3) is 0 Å². The Morgan fingerprint density at radius 1 is 1.38 bits per heavy atom. The molecule has 0 aliphatic rings. The lowest BCUT2D eigenvalue weighted by Crippen LogP contribution is -1.84. The summed E-state index contributed by atoms with van der Waals surface area (Å²) in [6, 6.07) is 7.16. The molecule has 0 saturated heterocycles. The van der Waals surface area contributed by atoms with Gasteiger partial charge in [0.1, 0.15) is 0 Å². The van der Waals surface area contributed by atoms with Crippen LogP contribution in [0.15, 0.2) is 24.4 Å². The molecule has 0 fully saturated rings. The van der Waals surface area contributed by atoms with Crippen LogP contribution in [0.1, 0.15) is 15.9 Å². The minimum absolute atomic E-state index is 0.582. The molecule has 1 aromatic carbocycles. The Kier molecular flexibility index (Phi) is 1.60. The maximum absolute atomic E-state index is 10.6. The first-order valence-corrected chi connectivity index (χ1v) is 3.82. The van der Waals surface area contributed by atoms with E-state index in [1.807, 2.05) is 0 Å². The average Bonchev–Trinajstić information content (AvgIpc) is 2.64. The lowest BCUT2D eigenvalue weighted by molar-refractivity contribution is 0.112. The van der Waals surface area contributed by atoms with Crippen LogP contribution in [0, 0.1) is 11.3 Å². The van der Waals surface area contributed by atoms with E-state index in [1.165, 1.54) is 0 Å². The highest BCUT2D eigenvalue weighted by Gasteiger charge is 2.04. The number of rotatable bonds is 1. The summed E-state index contributed by atoms with van der Waals surface area (Å²) in [5.74, 6) is 0. The fraction of sp³-hybridized carbons (Fsp3) is 0. The summed E-state index contributed by atoms with van der Waals surface area (Å²) in [4.78, 5) is 13.5. The molecule has 1 heterocycles. The molecular weight excluding hydrogens is 164 g/mol. The quantitative estimate of drug-likeness (QED) is 0.664. The lowest BCUT2D eigenvalue weighted by atomic mass is 10.1. The van der Waals surface area contributed by atoms with Gasteiger partial charge in [-0.05, 0) is 18.2 Å². The molecule has 62 valence electrons. The number of aromatic amines is 1. The van der Waals surface area contributed by atoms with Gasteiger partial charge < -0.3 is 4.98 Å². The number of carbonyl (C=O) groups is 1. The van der Waals surface area contributed by atoms with Crippen molar-refractivity contribution < 1.29 is 4.79 Å². The van der Waals surface area contributed by atoms with Gasteiger partial charge in [-0.25, -0.2) is 0 Å². The largest absolute Gasteiger partial charge is 0.361 e. The van der Waals surface area contributed by atoms with Gasteiger partial charge >= 0.3 is 0 Å². The van der Waals surface area contributed by atoms with Crippen molar-refractivity contribution in [2.45, 2.75) is 0 Å². The molecule has 0 aliphatic heterocycles. The second-order valence-corrected chi connectivity index (χ2v) is 2.70. The zero-order valence-electron chi connectivity index (χ0n) is 6.74. The number of hydrogen-bond acceptors (Lipinski definition) is 2. The van der Waals surface area contributed by atoms with Crippen LogP contribution in [0.5, 0.6) is 0 Å². The summed E-state index contributed by atoms with van der Waals surface area (Å²) in [5, 5.41) is 9.56. The predicted molar refractivity (Wildman–Crippen MR) is 48.4 cm³/mol. The van der Waals surface area contributed by atoms with E-state index in [4.69, 9.17) is 5.26 Å². The molecule has 0 unspecified atom stereocenters. The molecule has 0 bridgehead atoms. The van der Waals surface area contributed by atoms with Crippen molar-refractivity contribution in [2.75, 3.05) is 0 Å². The Morgan fingerprint density at radius 3 is 2.92 bits per heavy atom. The van der Waals surface area contributed by atoms with Crippen molar-refractivity contribution >= 4 is 17.2 Å². The first-order chi connectivity index (χ1) is 6.36. The van der Waals surface area contributed by atoms with E-state index in [1.54, 1.807) is 24.4 Å². The van der Waals surface area contributed by atoms with E-state index >= 15 is 0 Å². The van der Waals surface area contributed by atoms with Crippen LogP contribution < -0.4 is 0 Å². The SMILES string of the molecule is N#Cc1ccc(C=O)c2[nH]ccc12. The number of fused-ring (bicyclic) bond motifs is 1. The van der Waals surface area contributed by atoms with E-state index < -0.39 is 0 Å². The van der Waals surface area contributed by atoms with E-state index in [-0.39, 0.29) is 0 Å². The Hall–Kier alpha value is -2.08. The molecule has 0 radical (unpaired) electrons. The summed E-state index contributed by atoms with van der Waals surface area (Å²) in [6.07, 6.45) is 2.50. The number of aromatic nitrogens is 1. The number of H-pyrrole nitrogens is 1. The predicted octanol–water partition coefficient (Wildman–Crippen LogP) is 1.85. The molecule has 0 spiro atoms. The van der Waals surface area contributed by atoms with Crippen molar-refractivity contribution in [3.8, 4) is 6.07 Å². The highest BCUT2D eigenvalue weighted by molar-refractivity contribution is 5.98. The molecule has 0 aliphatic carbocycles. The third-order valence-corrected chi connectivity index (χ3v) is 2.00. The van der Waals surface area contributed by atoms with Crippen molar-refractivity contribution in [3.05, 3.63) is 35.5 Å². The molecule has 3 heteroatoms. The van der Waals surface area contributed by atoms with Crippen molar-refractivity contribution in [3.63, 3.8) is 0 Å². The van der Waals surface area contributed by atoms with Gasteiger partial charge in [-0.2, -0.15) is 5.26 Å². The second-order valence-electron chi connectivity index (χ2n) is 2.70. The maximum Gasteiger partial charge on any atom is 0.152 e. The zero-order chi connectivity index (χ0) is 9.26. The van der Waals surface area contributed by atoms with Gasteiger partial charge in [0, 0.05) is 17.1 Å². The van der Waals surface area contributed by atoms with Crippen LogP contribution in [0.2, 0.25) is 0 Å². The number of nitriles is 1. The Labute approximate surface area is 74.6 Å². The Bertz CT molecular complexity index is 505. The number of nitrogens with one attached hydrogen (secondary N) is 1. The highest BCUT2D eigenvalue weighted by Crippen LogP contribution is 2.19. The lowest BCUT2D eigenvalue weighted by Gasteiger charge is -1.95. The Morgan fingerprint density at radius 2 is 2.23 bits per heavy atom. The molecule has 2 rings (SSSR count). The van der Waals surface area contributed by atoms with E-state index in [9.17, 15) is 4.79 Å². The summed E-state index contributed by atoms with van der Waals surface area (Å²) < 4.78 is 0. The topological polar surface area (TPSA) is 56.6 Å². The van der Waals surface area contributed by atoms with Crippen LogP contribution in [0.25, 0.3) is 10.9 Å². The van der Waals surface area contributed by atoms with Crippen LogP contribution >= 0.6 is 0 Å². The molecular formula is C10H6N2O. The second kappa shape index (κ2) is 2.76. The molecule has 0 amide bonds. The summed E-state index contributed by atoms with van der Waals surface area (Å²) in [5.41, 5.74) is 1.90. The minimum atomic E-state index is 0.582. The van der Waals surface area contributed by atoms with Gasteiger partial charge in [0.05, 0.1) is 17.1 Å². The summed E-state index contributed by atoms with van der Waals surface area (Å²) in [7, 11) is 0. The van der Waals surface area contributed by atoms with Crippen LogP contribution in [-0.4, -0.2) is 11.3 Å². The van der Waals surface area contributed by atoms with E-state index in [2.05, 4.69) is 11.1 Å². The highest BCUT2D eigenvalue weighted by atomic mass is 16.1. The maximum atomic E-state index is 10.6. The zero-order valence-corrected chi connectivity index (χ0v) is 6.74. The van der Waals surface area contributed by atoms with Gasteiger partial charge in [0.15, 0.2) is 6.29 Å². The molecule has 2 aromatic rings. The van der Waals surface area contributed by atoms with E-state index in [0.717, 1.165) is 17.2 Å². The molecule has 0 atom stereocenters.